The first kappa shape index (κ1) is 27.7. The zero-order chi connectivity index (χ0) is 28.3. The molecule has 0 aliphatic carbocycles. The predicted molar refractivity (Wildman–Crippen MR) is 167 cm³/mol. The van der Waals surface area contributed by atoms with Gasteiger partial charge in [0.15, 0.2) is 0 Å². The Balaban J connectivity index is 0.000000175. The standard InChI is InChI=1S/C24H18.C12H11O4P/c1-4-11-19(12-5-1)22-17-10-18-23(20-13-6-2-7-14-20)24(22)21-15-8-3-9-16-21;13-17(14,15-11-7-3-1-4-8-11)16-12-9-5-2-6-10-12/h1-18H;1-10H,(H,13,14). The van der Waals surface area contributed by atoms with Crippen LogP contribution in [0.25, 0.3) is 33.4 Å². The molecule has 0 bridgehead atoms. The molecule has 0 aromatic heterocycles. The van der Waals surface area contributed by atoms with Crippen molar-refractivity contribution in [2.75, 3.05) is 0 Å². The van der Waals surface area contributed by atoms with Gasteiger partial charge in [0.05, 0.1) is 0 Å². The van der Waals surface area contributed by atoms with E-state index in [2.05, 4.69) is 109 Å². The lowest BCUT2D eigenvalue weighted by molar-refractivity contribution is 0.291. The first-order valence-electron chi connectivity index (χ1n) is 13.2. The van der Waals surface area contributed by atoms with Crippen molar-refractivity contribution in [1.29, 1.82) is 0 Å². The van der Waals surface area contributed by atoms with E-state index in [1.165, 1.54) is 33.4 Å². The number of rotatable bonds is 7. The molecule has 0 unspecified atom stereocenters. The van der Waals surface area contributed by atoms with Crippen LogP contribution >= 0.6 is 7.82 Å². The summed E-state index contributed by atoms with van der Waals surface area (Å²) in [5, 5.41) is 0. The molecule has 1 N–H and O–H groups in total. The lowest BCUT2D eigenvalue weighted by Gasteiger charge is -2.16. The Bertz CT molecular complexity index is 1590. The summed E-state index contributed by atoms with van der Waals surface area (Å²) in [4.78, 5) is 9.53. The van der Waals surface area contributed by atoms with E-state index in [4.69, 9.17) is 9.05 Å². The maximum absolute atomic E-state index is 11.7. The van der Waals surface area contributed by atoms with Crippen molar-refractivity contribution in [1.82, 2.24) is 0 Å². The molecule has 0 atom stereocenters. The molecule has 0 fully saturated rings. The van der Waals surface area contributed by atoms with Crippen molar-refractivity contribution in [2.45, 2.75) is 0 Å². The Kier molecular flexibility index (Phi) is 9.08. The van der Waals surface area contributed by atoms with Crippen molar-refractivity contribution in [2.24, 2.45) is 0 Å². The van der Waals surface area contributed by atoms with Gasteiger partial charge in [0.25, 0.3) is 0 Å². The molecule has 41 heavy (non-hydrogen) atoms. The Morgan fingerprint density at radius 1 is 0.390 bits per heavy atom. The first-order valence-corrected chi connectivity index (χ1v) is 14.7. The van der Waals surface area contributed by atoms with Crippen molar-refractivity contribution in [3.8, 4) is 44.9 Å². The van der Waals surface area contributed by atoms with Gasteiger partial charge >= 0.3 is 7.82 Å². The molecule has 6 aromatic rings. The molecule has 0 radical (unpaired) electrons. The fourth-order valence-corrected chi connectivity index (χ4v) is 5.25. The van der Waals surface area contributed by atoms with Gasteiger partial charge in [0.1, 0.15) is 11.5 Å². The lowest BCUT2D eigenvalue weighted by atomic mass is 9.88. The summed E-state index contributed by atoms with van der Waals surface area (Å²) in [6, 6.07) is 55.2. The highest BCUT2D eigenvalue weighted by molar-refractivity contribution is 7.48. The van der Waals surface area contributed by atoms with Gasteiger partial charge in [-0.2, -0.15) is 0 Å². The molecule has 0 aliphatic rings. The second-order valence-electron chi connectivity index (χ2n) is 9.10. The normalized spacial score (nSPS) is 10.7. The molecule has 0 saturated heterocycles. The second kappa shape index (κ2) is 13.5. The summed E-state index contributed by atoms with van der Waals surface area (Å²) in [7, 11) is -4.14. The minimum Gasteiger partial charge on any atom is -0.395 e. The SMILES string of the molecule is O=P(O)(Oc1ccccc1)Oc1ccccc1.c1ccc(-c2cccc(-c3ccccc3)c2-c2ccccc2)cc1. The van der Waals surface area contributed by atoms with E-state index < -0.39 is 7.82 Å². The van der Waals surface area contributed by atoms with E-state index in [1.54, 1.807) is 60.7 Å². The zero-order valence-corrected chi connectivity index (χ0v) is 23.2. The summed E-state index contributed by atoms with van der Waals surface area (Å²) in [5.41, 5.74) is 7.56. The molecule has 5 heteroatoms. The summed E-state index contributed by atoms with van der Waals surface area (Å²) in [5.74, 6) is 0.573. The van der Waals surface area contributed by atoms with Gasteiger partial charge in [-0.3, -0.25) is 4.89 Å². The number of para-hydroxylation sites is 2. The lowest BCUT2D eigenvalue weighted by Crippen LogP contribution is -1.99. The summed E-state index contributed by atoms with van der Waals surface area (Å²) >= 11 is 0. The Morgan fingerprint density at radius 2 is 0.707 bits per heavy atom. The average molecular weight is 557 g/mol. The maximum atomic E-state index is 11.7. The number of hydrogen-bond acceptors (Lipinski definition) is 3. The quantitative estimate of drug-likeness (QED) is 0.199. The smallest absolute Gasteiger partial charge is 0.395 e. The van der Waals surface area contributed by atoms with Crippen LogP contribution in [0.5, 0.6) is 11.5 Å². The van der Waals surface area contributed by atoms with Gasteiger partial charge in [-0.05, 0) is 57.6 Å². The third kappa shape index (κ3) is 7.61. The number of phosphoric ester groups is 1. The van der Waals surface area contributed by atoms with Crippen LogP contribution in [0.3, 0.4) is 0 Å². The van der Waals surface area contributed by atoms with Crippen molar-refractivity contribution >= 4 is 7.82 Å². The predicted octanol–water partition coefficient (Wildman–Crippen LogP) is 9.93. The van der Waals surface area contributed by atoms with Crippen LogP contribution in [0, 0.1) is 0 Å². The van der Waals surface area contributed by atoms with Crippen LogP contribution < -0.4 is 9.05 Å². The third-order valence-corrected chi connectivity index (χ3v) is 7.11. The van der Waals surface area contributed by atoms with Crippen LogP contribution in [0.4, 0.5) is 0 Å². The fourth-order valence-electron chi connectivity index (χ4n) is 4.43. The van der Waals surface area contributed by atoms with Gasteiger partial charge in [-0.25, -0.2) is 4.57 Å². The van der Waals surface area contributed by atoms with Gasteiger partial charge in [-0.15, -0.1) is 0 Å². The first-order chi connectivity index (χ1) is 20.1. The third-order valence-electron chi connectivity index (χ3n) is 6.22. The largest absolute Gasteiger partial charge is 0.584 e. The highest BCUT2D eigenvalue weighted by atomic mass is 31.2. The molecule has 0 heterocycles. The van der Waals surface area contributed by atoms with Gasteiger partial charge < -0.3 is 9.05 Å². The average Bonchev–Trinajstić information content (AvgIpc) is 3.03. The Morgan fingerprint density at radius 3 is 1.07 bits per heavy atom. The van der Waals surface area contributed by atoms with E-state index in [1.807, 2.05) is 0 Å². The van der Waals surface area contributed by atoms with E-state index in [0.717, 1.165) is 0 Å². The highest BCUT2D eigenvalue weighted by Gasteiger charge is 2.24. The minimum absolute atomic E-state index is 0.286. The van der Waals surface area contributed by atoms with Crippen LogP contribution in [0.15, 0.2) is 170 Å². The molecule has 0 amide bonds. The van der Waals surface area contributed by atoms with E-state index >= 15 is 0 Å². The second-order valence-corrected chi connectivity index (χ2v) is 10.4. The molecule has 0 aliphatic heterocycles. The number of benzene rings is 6. The molecule has 6 aromatic carbocycles. The summed E-state index contributed by atoms with van der Waals surface area (Å²) < 4.78 is 21.5. The number of hydrogen-bond donors (Lipinski definition) is 1. The minimum atomic E-state index is -4.14. The van der Waals surface area contributed by atoms with Crippen LogP contribution in [-0.2, 0) is 4.57 Å². The molecule has 6 rings (SSSR count). The Hall–Kier alpha value is -4.89. The van der Waals surface area contributed by atoms with Gasteiger partial charge in [-0.1, -0.05) is 146 Å². The molecule has 202 valence electrons. The molecule has 4 nitrogen and oxygen atoms in total. The molecule has 0 spiro atoms. The van der Waals surface area contributed by atoms with E-state index in [-0.39, 0.29) is 11.5 Å². The van der Waals surface area contributed by atoms with Crippen molar-refractivity contribution in [3.63, 3.8) is 0 Å². The van der Waals surface area contributed by atoms with Crippen LogP contribution in [0.2, 0.25) is 0 Å². The van der Waals surface area contributed by atoms with Crippen molar-refractivity contribution in [3.05, 3.63) is 170 Å². The topological polar surface area (TPSA) is 55.8 Å². The fraction of sp³-hybridized carbons (Fsp3) is 0. The summed E-state index contributed by atoms with van der Waals surface area (Å²) in [6.07, 6.45) is 0. The molecular formula is C36H29O4P. The Labute approximate surface area is 240 Å². The van der Waals surface area contributed by atoms with E-state index in [0.29, 0.717) is 0 Å². The van der Waals surface area contributed by atoms with Crippen LogP contribution in [-0.4, -0.2) is 4.89 Å². The van der Waals surface area contributed by atoms with Crippen molar-refractivity contribution < 1.29 is 18.5 Å². The van der Waals surface area contributed by atoms with Crippen LogP contribution in [0.1, 0.15) is 0 Å². The molecule has 0 saturated carbocycles. The maximum Gasteiger partial charge on any atom is 0.584 e. The summed E-state index contributed by atoms with van der Waals surface area (Å²) in [6.45, 7) is 0. The zero-order valence-electron chi connectivity index (χ0n) is 22.3. The number of phosphoric acid groups is 1. The van der Waals surface area contributed by atoms with E-state index in [9.17, 15) is 9.46 Å². The van der Waals surface area contributed by atoms with Gasteiger partial charge in [0, 0.05) is 0 Å². The monoisotopic (exact) mass is 556 g/mol. The van der Waals surface area contributed by atoms with Gasteiger partial charge in [0.2, 0.25) is 0 Å². The molecular weight excluding hydrogens is 527 g/mol. The highest BCUT2D eigenvalue weighted by Crippen LogP contribution is 2.44.